The zero-order chi connectivity index (χ0) is 19.3. The van der Waals surface area contributed by atoms with E-state index in [0.717, 1.165) is 32.0 Å². The standard InChI is InChI=1S/C20H20N6O2/c27-19(28)15-5-1-2-6-16(15)23-17-8-10-22-20(24-17)26-13-11-25(12-14-26)18-7-3-4-9-21-18/h1-10H,11-14H2,(H,27,28)(H,22,23,24). The third-order valence-corrected chi connectivity index (χ3v) is 4.60. The van der Waals surface area contributed by atoms with Gasteiger partial charge in [0.25, 0.3) is 0 Å². The highest BCUT2D eigenvalue weighted by molar-refractivity contribution is 5.94. The van der Waals surface area contributed by atoms with Gasteiger partial charge in [0.1, 0.15) is 11.6 Å². The second-order valence-corrected chi connectivity index (χ2v) is 6.38. The fourth-order valence-electron chi connectivity index (χ4n) is 3.16. The summed E-state index contributed by atoms with van der Waals surface area (Å²) in [5.41, 5.74) is 0.700. The van der Waals surface area contributed by atoms with Crippen LogP contribution in [0.3, 0.4) is 0 Å². The van der Waals surface area contributed by atoms with Gasteiger partial charge in [-0.3, -0.25) is 0 Å². The second-order valence-electron chi connectivity index (χ2n) is 6.38. The average molecular weight is 376 g/mol. The first-order chi connectivity index (χ1) is 13.7. The number of rotatable bonds is 5. The monoisotopic (exact) mass is 376 g/mol. The lowest BCUT2D eigenvalue weighted by atomic mass is 10.2. The number of carbonyl (C=O) groups is 1. The van der Waals surface area contributed by atoms with Crippen molar-refractivity contribution in [2.45, 2.75) is 0 Å². The molecule has 0 spiro atoms. The topological polar surface area (TPSA) is 94.5 Å². The quantitative estimate of drug-likeness (QED) is 0.702. The molecule has 3 heterocycles. The molecular weight excluding hydrogens is 356 g/mol. The molecular formula is C20H20N6O2. The number of nitrogens with zero attached hydrogens (tertiary/aromatic N) is 5. The van der Waals surface area contributed by atoms with Gasteiger partial charge in [-0.05, 0) is 30.3 Å². The molecule has 1 aliphatic rings. The molecule has 1 saturated heterocycles. The maximum absolute atomic E-state index is 11.4. The molecule has 2 N–H and O–H groups in total. The fourth-order valence-corrected chi connectivity index (χ4v) is 3.16. The van der Waals surface area contributed by atoms with E-state index in [-0.39, 0.29) is 5.56 Å². The molecule has 0 amide bonds. The van der Waals surface area contributed by atoms with Gasteiger partial charge in [-0.1, -0.05) is 18.2 Å². The summed E-state index contributed by atoms with van der Waals surface area (Å²) in [5.74, 6) is 1.18. The zero-order valence-corrected chi connectivity index (χ0v) is 15.2. The van der Waals surface area contributed by atoms with Crippen molar-refractivity contribution >= 4 is 29.2 Å². The summed E-state index contributed by atoms with van der Waals surface area (Å²) in [4.78, 5) is 29.1. The van der Waals surface area contributed by atoms with Crippen LogP contribution in [0.5, 0.6) is 0 Å². The molecule has 28 heavy (non-hydrogen) atoms. The first-order valence-electron chi connectivity index (χ1n) is 9.04. The van der Waals surface area contributed by atoms with E-state index in [1.165, 1.54) is 0 Å². The SMILES string of the molecule is O=C(O)c1ccccc1Nc1ccnc(N2CCN(c3ccccn3)CC2)n1. The Morgan fingerprint density at radius 2 is 1.64 bits per heavy atom. The van der Waals surface area contributed by atoms with Gasteiger partial charge in [-0.2, -0.15) is 4.98 Å². The zero-order valence-electron chi connectivity index (χ0n) is 15.2. The number of carboxylic acids is 1. The van der Waals surface area contributed by atoms with Gasteiger partial charge in [0.05, 0.1) is 11.3 Å². The van der Waals surface area contributed by atoms with Crippen LogP contribution in [0.15, 0.2) is 60.9 Å². The van der Waals surface area contributed by atoms with Crippen molar-refractivity contribution in [2.24, 2.45) is 0 Å². The lowest BCUT2D eigenvalue weighted by Gasteiger charge is -2.35. The Bertz CT molecular complexity index is 958. The van der Waals surface area contributed by atoms with Crippen molar-refractivity contribution in [1.82, 2.24) is 15.0 Å². The Labute approximate surface area is 162 Å². The van der Waals surface area contributed by atoms with Crippen LogP contribution in [-0.4, -0.2) is 52.2 Å². The van der Waals surface area contributed by atoms with E-state index in [0.29, 0.717) is 17.5 Å². The predicted molar refractivity (Wildman–Crippen MR) is 107 cm³/mol. The highest BCUT2D eigenvalue weighted by atomic mass is 16.4. The van der Waals surface area contributed by atoms with Crippen LogP contribution in [-0.2, 0) is 0 Å². The molecule has 3 aromatic rings. The summed E-state index contributed by atoms with van der Waals surface area (Å²) in [7, 11) is 0. The van der Waals surface area contributed by atoms with Gasteiger partial charge in [0.2, 0.25) is 5.95 Å². The number of hydrogen-bond donors (Lipinski definition) is 2. The summed E-state index contributed by atoms with van der Waals surface area (Å²) in [6, 6.07) is 14.4. The maximum Gasteiger partial charge on any atom is 0.337 e. The minimum atomic E-state index is -0.983. The lowest BCUT2D eigenvalue weighted by molar-refractivity contribution is 0.0698. The van der Waals surface area contributed by atoms with Crippen LogP contribution in [0.2, 0.25) is 0 Å². The molecule has 1 aromatic carbocycles. The Hall–Kier alpha value is -3.68. The fraction of sp³-hybridized carbons (Fsp3) is 0.200. The number of aromatic carboxylic acids is 1. The van der Waals surface area contributed by atoms with E-state index >= 15 is 0 Å². The minimum Gasteiger partial charge on any atom is -0.478 e. The summed E-state index contributed by atoms with van der Waals surface area (Å²) < 4.78 is 0. The van der Waals surface area contributed by atoms with Crippen molar-refractivity contribution in [1.29, 1.82) is 0 Å². The number of para-hydroxylation sites is 1. The van der Waals surface area contributed by atoms with E-state index < -0.39 is 5.97 Å². The van der Waals surface area contributed by atoms with Gasteiger partial charge < -0.3 is 20.2 Å². The molecule has 0 aliphatic carbocycles. The Balaban J connectivity index is 1.46. The Morgan fingerprint density at radius 3 is 2.39 bits per heavy atom. The van der Waals surface area contributed by atoms with Crippen molar-refractivity contribution in [3.05, 3.63) is 66.5 Å². The number of benzene rings is 1. The summed E-state index contributed by atoms with van der Waals surface area (Å²) >= 11 is 0. The van der Waals surface area contributed by atoms with Crippen LogP contribution in [0.25, 0.3) is 0 Å². The maximum atomic E-state index is 11.4. The molecule has 142 valence electrons. The molecule has 2 aromatic heterocycles. The largest absolute Gasteiger partial charge is 0.478 e. The number of hydrogen-bond acceptors (Lipinski definition) is 7. The van der Waals surface area contributed by atoms with Gasteiger partial charge in [0.15, 0.2) is 0 Å². The number of piperazine rings is 1. The molecule has 4 rings (SSSR count). The molecule has 0 saturated carbocycles. The second kappa shape index (κ2) is 7.91. The van der Waals surface area contributed by atoms with E-state index in [1.54, 1.807) is 42.7 Å². The van der Waals surface area contributed by atoms with Gasteiger partial charge >= 0.3 is 5.97 Å². The normalized spacial score (nSPS) is 14.0. The molecule has 1 fully saturated rings. The van der Waals surface area contributed by atoms with Crippen molar-refractivity contribution in [3.8, 4) is 0 Å². The van der Waals surface area contributed by atoms with Crippen molar-refractivity contribution in [3.63, 3.8) is 0 Å². The average Bonchev–Trinajstić information content (AvgIpc) is 2.75. The van der Waals surface area contributed by atoms with Crippen LogP contribution >= 0.6 is 0 Å². The molecule has 1 aliphatic heterocycles. The molecule has 0 bridgehead atoms. The van der Waals surface area contributed by atoms with E-state index in [1.807, 2.05) is 18.2 Å². The molecule has 8 nitrogen and oxygen atoms in total. The molecule has 0 radical (unpaired) electrons. The predicted octanol–water partition coefficient (Wildman–Crippen LogP) is 2.64. The van der Waals surface area contributed by atoms with E-state index in [9.17, 15) is 9.90 Å². The number of nitrogens with one attached hydrogen (secondary N) is 1. The summed E-state index contributed by atoms with van der Waals surface area (Å²) in [6.07, 6.45) is 3.48. The molecule has 8 heteroatoms. The molecule has 0 unspecified atom stereocenters. The highest BCUT2D eigenvalue weighted by Crippen LogP contribution is 2.22. The third kappa shape index (κ3) is 3.85. The number of pyridine rings is 1. The minimum absolute atomic E-state index is 0.201. The van der Waals surface area contributed by atoms with Gasteiger partial charge in [-0.15, -0.1) is 0 Å². The third-order valence-electron chi connectivity index (χ3n) is 4.60. The highest BCUT2D eigenvalue weighted by Gasteiger charge is 2.20. The number of aromatic nitrogens is 3. The first-order valence-corrected chi connectivity index (χ1v) is 9.04. The van der Waals surface area contributed by atoms with Crippen molar-refractivity contribution in [2.75, 3.05) is 41.3 Å². The summed E-state index contributed by atoms with van der Waals surface area (Å²) in [6.45, 7) is 3.23. The first kappa shape index (κ1) is 17.7. The van der Waals surface area contributed by atoms with Gasteiger partial charge in [-0.25, -0.2) is 14.8 Å². The van der Waals surface area contributed by atoms with E-state index in [4.69, 9.17) is 0 Å². The summed E-state index contributed by atoms with van der Waals surface area (Å²) in [5, 5.41) is 12.4. The van der Waals surface area contributed by atoms with Gasteiger partial charge in [0, 0.05) is 38.6 Å². The van der Waals surface area contributed by atoms with Crippen LogP contribution < -0.4 is 15.1 Å². The molecule has 0 atom stereocenters. The number of carboxylic acid groups (broad SMARTS) is 1. The Morgan fingerprint density at radius 1 is 0.893 bits per heavy atom. The van der Waals surface area contributed by atoms with Crippen molar-refractivity contribution < 1.29 is 9.90 Å². The lowest BCUT2D eigenvalue weighted by Crippen LogP contribution is -2.47. The van der Waals surface area contributed by atoms with E-state index in [2.05, 4.69) is 30.1 Å². The Kier molecular flexibility index (Phi) is 5.01. The van der Waals surface area contributed by atoms with Crippen LogP contribution in [0.1, 0.15) is 10.4 Å². The van der Waals surface area contributed by atoms with Crippen LogP contribution in [0.4, 0.5) is 23.3 Å². The smallest absolute Gasteiger partial charge is 0.337 e. The number of anilines is 4. The van der Waals surface area contributed by atoms with Crippen LogP contribution in [0, 0.1) is 0 Å².